The summed E-state index contributed by atoms with van der Waals surface area (Å²) < 4.78 is 0. The van der Waals surface area contributed by atoms with Crippen LogP contribution in [0.1, 0.15) is 18.5 Å². The van der Waals surface area contributed by atoms with E-state index in [-0.39, 0.29) is 12.4 Å². The van der Waals surface area contributed by atoms with Crippen molar-refractivity contribution in [3.63, 3.8) is 0 Å². The Morgan fingerprint density at radius 2 is 2.29 bits per heavy atom. The van der Waals surface area contributed by atoms with Crippen LogP contribution in [-0.4, -0.2) is 33.7 Å². The Hall–Kier alpha value is -1.17. The molecule has 0 spiro atoms. The number of hydrogen-bond donors (Lipinski definition) is 2. The van der Waals surface area contributed by atoms with E-state index in [2.05, 4.69) is 4.98 Å². The van der Waals surface area contributed by atoms with E-state index in [1.54, 1.807) is 6.20 Å². The van der Waals surface area contributed by atoms with Gasteiger partial charge in [-0.3, -0.25) is 15.6 Å². The van der Waals surface area contributed by atoms with Gasteiger partial charge in [0.05, 0.1) is 0 Å². The molecule has 17 heavy (non-hydrogen) atoms. The summed E-state index contributed by atoms with van der Waals surface area (Å²) in [4.78, 5) is 14.3. The zero-order valence-corrected chi connectivity index (χ0v) is 10.6. The summed E-state index contributed by atoms with van der Waals surface area (Å²) in [6.07, 6.45) is 3.37. The van der Waals surface area contributed by atoms with Gasteiger partial charge in [-0.2, -0.15) is 0 Å². The van der Waals surface area contributed by atoms with Crippen molar-refractivity contribution >= 4 is 18.4 Å². The second kappa shape index (κ2) is 8.00. The number of nitrogens with zero attached hydrogens (tertiary/aromatic N) is 2. The molecule has 1 atom stereocenters. The van der Waals surface area contributed by atoms with Gasteiger partial charge in [-0.1, -0.05) is 6.07 Å². The molecule has 1 saturated heterocycles. The van der Waals surface area contributed by atoms with E-state index in [4.69, 9.17) is 10.9 Å². The van der Waals surface area contributed by atoms with Gasteiger partial charge in [0.2, 0.25) is 0 Å². The minimum absolute atomic E-state index is 0. The molecule has 2 heterocycles. The Morgan fingerprint density at radius 3 is 2.53 bits per heavy atom. The van der Waals surface area contributed by atoms with Crippen LogP contribution in [0.2, 0.25) is 0 Å². The Balaban J connectivity index is 0.000000292. The number of rotatable bonds is 1. The van der Waals surface area contributed by atoms with Crippen LogP contribution in [0.15, 0.2) is 24.4 Å². The van der Waals surface area contributed by atoms with Crippen molar-refractivity contribution in [1.82, 2.24) is 9.99 Å². The van der Waals surface area contributed by atoms with E-state index in [0.29, 0.717) is 13.0 Å². The van der Waals surface area contributed by atoms with E-state index in [0.717, 1.165) is 12.1 Å². The van der Waals surface area contributed by atoms with Gasteiger partial charge in [0, 0.05) is 18.4 Å². The van der Waals surface area contributed by atoms with Gasteiger partial charge in [-0.05, 0) is 31.9 Å². The highest BCUT2D eigenvalue weighted by Gasteiger charge is 2.27. The van der Waals surface area contributed by atoms with E-state index in [9.17, 15) is 4.79 Å². The maximum atomic E-state index is 10.3. The first kappa shape index (κ1) is 15.8. The molecule has 3 N–H and O–H groups in total. The molecule has 0 radical (unpaired) electrons. The topological polar surface area (TPSA) is 79.5 Å². The lowest BCUT2D eigenvalue weighted by Crippen LogP contribution is -2.40. The molecule has 96 valence electrons. The van der Waals surface area contributed by atoms with Gasteiger partial charge in [0.1, 0.15) is 6.04 Å². The fourth-order valence-corrected chi connectivity index (χ4v) is 1.50. The SMILES string of the molecule is Cc1ccccn1.Cl.NN1CCC[C@H]1C(=O)O. The van der Waals surface area contributed by atoms with Crippen LogP contribution in [0, 0.1) is 6.92 Å². The number of aromatic nitrogens is 1. The number of hydrogen-bond acceptors (Lipinski definition) is 4. The lowest BCUT2D eigenvalue weighted by atomic mass is 10.2. The molecule has 0 saturated carbocycles. The maximum Gasteiger partial charge on any atom is 0.322 e. The average Bonchev–Trinajstić information content (AvgIpc) is 2.66. The number of carboxylic acids is 1. The van der Waals surface area contributed by atoms with Crippen LogP contribution in [0.4, 0.5) is 0 Å². The summed E-state index contributed by atoms with van der Waals surface area (Å²) in [6, 6.07) is 5.42. The summed E-state index contributed by atoms with van der Waals surface area (Å²) in [7, 11) is 0. The molecule has 2 rings (SSSR count). The standard InChI is InChI=1S/C6H7N.C5H10N2O2.ClH/c1-6-4-2-3-5-7-6;6-7-3-1-2-4(7)5(8)9;/h2-5H,1H3;4H,1-3,6H2,(H,8,9);1H/t;4-;/m.0./s1. The Labute approximate surface area is 107 Å². The summed E-state index contributed by atoms with van der Waals surface area (Å²) in [5.41, 5.74) is 1.07. The van der Waals surface area contributed by atoms with Gasteiger partial charge in [0.15, 0.2) is 0 Å². The molecular weight excluding hydrogens is 242 g/mol. The van der Waals surface area contributed by atoms with Crippen LogP contribution in [-0.2, 0) is 4.79 Å². The van der Waals surface area contributed by atoms with Crippen LogP contribution < -0.4 is 5.84 Å². The molecule has 1 aliphatic rings. The Morgan fingerprint density at radius 1 is 1.59 bits per heavy atom. The first-order chi connectivity index (χ1) is 7.61. The molecule has 1 aromatic heterocycles. The van der Waals surface area contributed by atoms with Gasteiger partial charge in [-0.15, -0.1) is 12.4 Å². The molecule has 0 aromatic carbocycles. The average molecular weight is 260 g/mol. The molecule has 0 bridgehead atoms. The van der Waals surface area contributed by atoms with Crippen LogP contribution in [0.3, 0.4) is 0 Å². The van der Waals surface area contributed by atoms with E-state index in [1.165, 1.54) is 5.01 Å². The van der Waals surface area contributed by atoms with Crippen molar-refractivity contribution in [1.29, 1.82) is 0 Å². The third-order valence-electron chi connectivity index (χ3n) is 2.39. The highest BCUT2D eigenvalue weighted by Crippen LogP contribution is 2.12. The van der Waals surface area contributed by atoms with E-state index < -0.39 is 12.0 Å². The molecule has 1 aromatic rings. The second-order valence-corrected chi connectivity index (χ2v) is 3.71. The van der Waals surface area contributed by atoms with Gasteiger partial charge in [-0.25, -0.2) is 5.01 Å². The lowest BCUT2D eigenvalue weighted by Gasteiger charge is -2.12. The fourth-order valence-electron chi connectivity index (χ4n) is 1.50. The minimum atomic E-state index is -0.810. The zero-order valence-electron chi connectivity index (χ0n) is 9.74. The number of aliphatic carboxylic acids is 1. The third kappa shape index (κ3) is 5.63. The summed E-state index contributed by atoms with van der Waals surface area (Å²) in [6.45, 7) is 2.68. The monoisotopic (exact) mass is 259 g/mol. The van der Waals surface area contributed by atoms with E-state index >= 15 is 0 Å². The molecule has 0 amide bonds. The lowest BCUT2D eigenvalue weighted by molar-refractivity contribution is -0.142. The Kier molecular flexibility index (Phi) is 7.45. The van der Waals surface area contributed by atoms with Crippen LogP contribution >= 0.6 is 12.4 Å². The number of carboxylic acid groups (broad SMARTS) is 1. The number of aryl methyl sites for hydroxylation is 1. The van der Waals surface area contributed by atoms with Crippen molar-refractivity contribution in [2.24, 2.45) is 5.84 Å². The number of carbonyl (C=O) groups is 1. The number of hydrazine groups is 1. The van der Waals surface area contributed by atoms with E-state index in [1.807, 2.05) is 25.1 Å². The number of nitrogens with two attached hydrogens (primary N) is 1. The fraction of sp³-hybridized carbons (Fsp3) is 0.455. The summed E-state index contributed by atoms with van der Waals surface area (Å²) in [5, 5.41) is 9.84. The maximum absolute atomic E-state index is 10.3. The summed E-state index contributed by atoms with van der Waals surface area (Å²) >= 11 is 0. The first-order valence-electron chi connectivity index (χ1n) is 5.23. The van der Waals surface area contributed by atoms with Gasteiger partial charge < -0.3 is 5.11 Å². The van der Waals surface area contributed by atoms with Crippen molar-refractivity contribution in [3.05, 3.63) is 30.1 Å². The molecule has 0 unspecified atom stereocenters. The van der Waals surface area contributed by atoms with Crippen molar-refractivity contribution in [2.75, 3.05) is 6.54 Å². The molecule has 5 nitrogen and oxygen atoms in total. The Bertz CT molecular complexity index is 335. The molecule has 6 heteroatoms. The van der Waals surface area contributed by atoms with Crippen LogP contribution in [0.5, 0.6) is 0 Å². The minimum Gasteiger partial charge on any atom is -0.480 e. The molecule has 1 fully saturated rings. The highest BCUT2D eigenvalue weighted by atomic mass is 35.5. The first-order valence-corrected chi connectivity index (χ1v) is 5.23. The smallest absolute Gasteiger partial charge is 0.322 e. The highest BCUT2D eigenvalue weighted by molar-refractivity contribution is 5.85. The van der Waals surface area contributed by atoms with Gasteiger partial charge >= 0.3 is 5.97 Å². The van der Waals surface area contributed by atoms with Crippen molar-refractivity contribution in [3.8, 4) is 0 Å². The molecule has 1 aliphatic heterocycles. The molecular formula is C11H18ClN3O2. The second-order valence-electron chi connectivity index (χ2n) is 3.71. The molecule has 0 aliphatic carbocycles. The van der Waals surface area contributed by atoms with Crippen molar-refractivity contribution in [2.45, 2.75) is 25.8 Å². The quantitative estimate of drug-likeness (QED) is 0.742. The predicted molar refractivity (Wildman–Crippen MR) is 67.8 cm³/mol. The predicted octanol–water partition coefficient (Wildman–Crippen LogP) is 1.22. The third-order valence-corrected chi connectivity index (χ3v) is 2.39. The van der Waals surface area contributed by atoms with Gasteiger partial charge in [0.25, 0.3) is 0 Å². The summed E-state index contributed by atoms with van der Waals surface area (Å²) in [5.74, 6) is 4.52. The normalized spacial score (nSPS) is 18.8. The number of pyridine rings is 1. The largest absolute Gasteiger partial charge is 0.480 e. The number of halogens is 1. The van der Waals surface area contributed by atoms with Crippen molar-refractivity contribution < 1.29 is 9.90 Å². The van der Waals surface area contributed by atoms with Crippen LogP contribution in [0.25, 0.3) is 0 Å². The zero-order chi connectivity index (χ0) is 12.0.